The molecule has 3 N–H and O–H groups in total. The van der Waals surface area contributed by atoms with Crippen LogP contribution in [0.2, 0.25) is 0 Å². The van der Waals surface area contributed by atoms with Crippen LogP contribution in [0.4, 0.5) is 0 Å². The molecule has 1 aliphatic heterocycles. The van der Waals surface area contributed by atoms with Gasteiger partial charge in [0.15, 0.2) is 0 Å². The number of H-pyrrole nitrogens is 1. The molecule has 0 aromatic carbocycles. The minimum absolute atomic E-state index is 0.0739. The number of carbonyl (C=O) groups is 1. The van der Waals surface area contributed by atoms with Crippen molar-refractivity contribution >= 4 is 15.9 Å². The first-order chi connectivity index (χ1) is 8.88. The summed E-state index contributed by atoms with van der Waals surface area (Å²) in [5, 5.41) is 4.39. The lowest BCUT2D eigenvalue weighted by Crippen LogP contribution is -2.47. The Balaban J connectivity index is 2.18. The maximum absolute atomic E-state index is 12.2. The number of likely N-dealkylation sites (tertiary alicyclic amines) is 1. The van der Waals surface area contributed by atoms with Crippen molar-refractivity contribution < 1.29 is 13.2 Å². The van der Waals surface area contributed by atoms with E-state index in [1.807, 2.05) is 0 Å². The average molecular weight is 285 g/mol. The van der Waals surface area contributed by atoms with Crippen molar-refractivity contribution in [2.24, 2.45) is 5.14 Å². The summed E-state index contributed by atoms with van der Waals surface area (Å²) in [4.78, 5) is 27.2. The number of hydrogen-bond acceptors (Lipinski definition) is 4. The van der Waals surface area contributed by atoms with Crippen LogP contribution in [0.15, 0.2) is 23.1 Å². The molecule has 0 bridgehead atoms. The molecular formula is C11H15N3O4S. The van der Waals surface area contributed by atoms with E-state index < -0.39 is 15.3 Å². The minimum atomic E-state index is -3.64. The Labute approximate surface area is 110 Å². The first-order valence-corrected chi connectivity index (χ1v) is 7.48. The highest BCUT2D eigenvalue weighted by molar-refractivity contribution is 7.89. The Hall–Kier alpha value is -1.67. The number of primary sulfonamides is 1. The van der Waals surface area contributed by atoms with Crippen molar-refractivity contribution in [3.63, 3.8) is 0 Å². The molecule has 1 saturated heterocycles. The summed E-state index contributed by atoms with van der Waals surface area (Å²) in [7, 11) is -3.64. The number of sulfonamides is 1. The van der Waals surface area contributed by atoms with Gasteiger partial charge in [0.25, 0.3) is 5.91 Å². The van der Waals surface area contributed by atoms with Gasteiger partial charge in [-0.15, -0.1) is 0 Å². The Morgan fingerprint density at radius 3 is 2.84 bits per heavy atom. The lowest BCUT2D eigenvalue weighted by atomic mass is 10.1. The van der Waals surface area contributed by atoms with E-state index in [4.69, 9.17) is 5.14 Å². The highest BCUT2D eigenvalue weighted by atomic mass is 32.2. The number of nitrogens with two attached hydrogens (primary N) is 1. The number of aromatic amines is 1. The van der Waals surface area contributed by atoms with Crippen molar-refractivity contribution in [1.82, 2.24) is 9.88 Å². The van der Waals surface area contributed by atoms with Crippen LogP contribution in [-0.2, 0) is 10.0 Å². The molecule has 1 atom stereocenters. The van der Waals surface area contributed by atoms with Crippen LogP contribution in [0, 0.1) is 0 Å². The zero-order valence-electron chi connectivity index (χ0n) is 10.2. The number of nitrogens with zero attached hydrogens (tertiary/aromatic N) is 1. The van der Waals surface area contributed by atoms with Crippen LogP contribution in [-0.4, -0.2) is 42.5 Å². The summed E-state index contributed by atoms with van der Waals surface area (Å²) in [6.45, 7) is 0.544. The third-order valence-corrected chi connectivity index (χ3v) is 4.47. The predicted octanol–water partition coefficient (Wildman–Crippen LogP) is -0.732. The van der Waals surface area contributed by atoms with E-state index in [0.717, 1.165) is 0 Å². The topological polar surface area (TPSA) is 113 Å². The van der Waals surface area contributed by atoms with Crippen molar-refractivity contribution in [3.8, 4) is 0 Å². The minimum Gasteiger partial charge on any atom is -0.337 e. The molecule has 0 aliphatic carbocycles. The zero-order valence-corrected chi connectivity index (χ0v) is 11.0. The smallest absolute Gasteiger partial charge is 0.254 e. The number of hydrogen-bond donors (Lipinski definition) is 2. The lowest BCUT2D eigenvalue weighted by Gasteiger charge is -2.31. The Kier molecular flexibility index (Phi) is 3.72. The number of nitrogens with one attached hydrogen (secondary N) is 1. The molecule has 2 rings (SSSR count). The Bertz CT molecular complexity index is 637. The molecule has 2 heterocycles. The zero-order chi connectivity index (χ0) is 14.0. The van der Waals surface area contributed by atoms with Crippen molar-refractivity contribution in [2.75, 3.05) is 13.1 Å². The molecule has 104 valence electrons. The molecule has 8 heteroatoms. The predicted molar refractivity (Wildman–Crippen MR) is 69.1 cm³/mol. The van der Waals surface area contributed by atoms with Crippen LogP contribution in [0.5, 0.6) is 0 Å². The fourth-order valence-electron chi connectivity index (χ4n) is 2.15. The van der Waals surface area contributed by atoms with Gasteiger partial charge in [-0.25, -0.2) is 13.6 Å². The van der Waals surface area contributed by atoms with Crippen LogP contribution >= 0.6 is 0 Å². The van der Waals surface area contributed by atoms with Crippen LogP contribution in [0.3, 0.4) is 0 Å². The van der Waals surface area contributed by atoms with Crippen molar-refractivity contribution in [3.05, 3.63) is 34.2 Å². The van der Waals surface area contributed by atoms with Gasteiger partial charge in [-0.05, 0) is 18.9 Å². The number of pyridine rings is 1. The number of carbonyl (C=O) groups excluding carboxylic acids is 1. The summed E-state index contributed by atoms with van der Waals surface area (Å²) in [5.41, 5.74) is -0.121. The van der Waals surface area contributed by atoms with Gasteiger partial charge in [0.2, 0.25) is 15.6 Å². The number of amides is 1. The Morgan fingerprint density at radius 1 is 1.47 bits per heavy atom. The van der Waals surface area contributed by atoms with Crippen LogP contribution < -0.4 is 10.7 Å². The molecule has 1 aromatic heterocycles. The van der Waals surface area contributed by atoms with E-state index in [9.17, 15) is 18.0 Å². The number of aromatic nitrogens is 1. The summed E-state index contributed by atoms with van der Waals surface area (Å²) in [6, 6.07) is 2.69. The molecule has 7 nitrogen and oxygen atoms in total. The van der Waals surface area contributed by atoms with Crippen molar-refractivity contribution in [2.45, 2.75) is 18.1 Å². The van der Waals surface area contributed by atoms with Gasteiger partial charge in [0.1, 0.15) is 0 Å². The van der Waals surface area contributed by atoms with E-state index in [2.05, 4.69) is 4.98 Å². The summed E-state index contributed by atoms with van der Waals surface area (Å²) in [6.07, 6.45) is 2.42. The molecule has 1 aromatic rings. The van der Waals surface area contributed by atoms with E-state index in [1.54, 1.807) is 0 Å². The van der Waals surface area contributed by atoms with Crippen molar-refractivity contribution in [1.29, 1.82) is 0 Å². The molecule has 1 amide bonds. The maximum atomic E-state index is 12.2. The highest BCUT2D eigenvalue weighted by Crippen LogP contribution is 2.17. The van der Waals surface area contributed by atoms with Crippen LogP contribution in [0.1, 0.15) is 23.2 Å². The monoisotopic (exact) mass is 285 g/mol. The van der Waals surface area contributed by atoms with Gasteiger partial charge in [-0.1, -0.05) is 0 Å². The molecule has 19 heavy (non-hydrogen) atoms. The molecule has 1 fully saturated rings. The third-order valence-electron chi connectivity index (χ3n) is 3.15. The summed E-state index contributed by atoms with van der Waals surface area (Å²) >= 11 is 0. The number of rotatable bonds is 2. The second-order valence-corrected chi connectivity index (χ2v) is 6.39. The molecular weight excluding hydrogens is 270 g/mol. The largest absolute Gasteiger partial charge is 0.337 e. The molecule has 0 radical (unpaired) electrons. The van der Waals surface area contributed by atoms with Gasteiger partial charge in [0.05, 0.1) is 5.25 Å². The highest BCUT2D eigenvalue weighted by Gasteiger charge is 2.30. The van der Waals surface area contributed by atoms with E-state index in [1.165, 1.54) is 23.2 Å². The van der Waals surface area contributed by atoms with Crippen LogP contribution in [0.25, 0.3) is 0 Å². The van der Waals surface area contributed by atoms with Gasteiger partial charge in [0, 0.05) is 30.9 Å². The molecule has 0 spiro atoms. The van der Waals surface area contributed by atoms with Gasteiger partial charge >= 0.3 is 0 Å². The third kappa shape index (κ3) is 3.21. The molecule has 0 saturated carbocycles. The fourth-order valence-corrected chi connectivity index (χ4v) is 3.03. The molecule has 1 aliphatic rings. The SMILES string of the molecule is NS(=O)(=O)C1CCCN(C(=O)c2cc[nH]c(=O)c2)C1. The quantitative estimate of drug-likeness (QED) is 0.745. The van der Waals surface area contributed by atoms with Gasteiger partial charge in [-0.3, -0.25) is 9.59 Å². The van der Waals surface area contributed by atoms with E-state index in [-0.39, 0.29) is 23.6 Å². The first kappa shape index (κ1) is 13.8. The standard InChI is InChI=1S/C11H15N3O4S/c12-19(17,18)9-2-1-5-14(7-9)11(16)8-3-4-13-10(15)6-8/h3-4,6,9H,1-2,5,7H2,(H,13,15)(H2,12,17,18). The fraction of sp³-hybridized carbons (Fsp3) is 0.455. The molecule has 1 unspecified atom stereocenters. The lowest BCUT2D eigenvalue weighted by molar-refractivity contribution is 0.0726. The normalized spacial score (nSPS) is 20.3. The summed E-state index contributed by atoms with van der Waals surface area (Å²) in [5.74, 6) is -0.348. The van der Waals surface area contributed by atoms with E-state index >= 15 is 0 Å². The Morgan fingerprint density at radius 2 is 2.21 bits per heavy atom. The van der Waals surface area contributed by atoms with Gasteiger partial charge < -0.3 is 9.88 Å². The van der Waals surface area contributed by atoms with Gasteiger partial charge in [-0.2, -0.15) is 0 Å². The maximum Gasteiger partial charge on any atom is 0.254 e. The first-order valence-electron chi connectivity index (χ1n) is 5.87. The average Bonchev–Trinajstić information content (AvgIpc) is 2.37. The van der Waals surface area contributed by atoms with E-state index in [0.29, 0.717) is 19.4 Å². The number of piperidine rings is 1. The second-order valence-electron chi connectivity index (χ2n) is 4.55. The summed E-state index contributed by atoms with van der Waals surface area (Å²) < 4.78 is 22.7. The second kappa shape index (κ2) is 5.14.